The van der Waals surface area contributed by atoms with Gasteiger partial charge in [-0.1, -0.05) is 41.9 Å². The van der Waals surface area contributed by atoms with Crippen molar-refractivity contribution in [2.75, 3.05) is 31.1 Å². The van der Waals surface area contributed by atoms with Crippen molar-refractivity contribution in [2.24, 2.45) is 0 Å². The van der Waals surface area contributed by atoms with E-state index in [0.29, 0.717) is 43.3 Å². The Labute approximate surface area is 174 Å². The van der Waals surface area contributed by atoms with Crippen LogP contribution in [-0.4, -0.2) is 54.8 Å². The standard InChI is InChI=1S/C22H22ClN3O3/c23-17-6-8-18(9-7-17)26-21(28)15-19(22(26)29)24-10-12-25(13-11-24)20(27)14-16-4-2-1-3-5-16/h1-9,19H,10-15H2/p+1/t19-/m1/s1. The maximum Gasteiger partial charge on any atom is 0.292 e. The number of piperazine rings is 1. The fourth-order valence-corrected chi connectivity index (χ4v) is 4.21. The first-order valence-electron chi connectivity index (χ1n) is 9.81. The number of imide groups is 1. The maximum absolute atomic E-state index is 12.9. The molecule has 0 aromatic heterocycles. The number of carbonyl (C=O) groups is 3. The zero-order valence-electron chi connectivity index (χ0n) is 16.0. The van der Waals surface area contributed by atoms with Gasteiger partial charge in [-0.25, -0.2) is 4.90 Å². The van der Waals surface area contributed by atoms with Gasteiger partial charge in [0, 0.05) is 5.02 Å². The molecular weight excluding hydrogens is 390 g/mol. The molecule has 4 rings (SSSR count). The van der Waals surface area contributed by atoms with Gasteiger partial charge in [-0.3, -0.25) is 14.4 Å². The van der Waals surface area contributed by atoms with Gasteiger partial charge in [0.05, 0.1) is 44.7 Å². The summed E-state index contributed by atoms with van der Waals surface area (Å²) >= 11 is 5.91. The number of benzene rings is 2. The molecule has 2 aromatic rings. The van der Waals surface area contributed by atoms with E-state index in [-0.39, 0.29) is 30.2 Å². The molecule has 2 fully saturated rings. The topological polar surface area (TPSA) is 62.1 Å². The Kier molecular flexibility index (Phi) is 5.65. The number of anilines is 1. The van der Waals surface area contributed by atoms with E-state index in [1.54, 1.807) is 24.3 Å². The number of rotatable bonds is 4. The van der Waals surface area contributed by atoms with E-state index in [4.69, 9.17) is 11.6 Å². The number of quaternary nitrogens is 1. The van der Waals surface area contributed by atoms with Crippen molar-refractivity contribution in [2.45, 2.75) is 18.9 Å². The SMILES string of the molecule is O=C(Cc1ccccc1)N1CC[NH+]([C@@H]2CC(=O)N(c3ccc(Cl)cc3)C2=O)CC1. The number of hydrogen-bond donors (Lipinski definition) is 1. The summed E-state index contributed by atoms with van der Waals surface area (Å²) in [6.45, 7) is 2.52. The van der Waals surface area contributed by atoms with Gasteiger partial charge in [-0.05, 0) is 29.8 Å². The van der Waals surface area contributed by atoms with Crippen molar-refractivity contribution in [1.29, 1.82) is 0 Å². The minimum atomic E-state index is -0.385. The lowest BCUT2D eigenvalue weighted by molar-refractivity contribution is -0.918. The molecule has 2 saturated heterocycles. The number of carbonyl (C=O) groups excluding carboxylic acids is 3. The second-order valence-electron chi connectivity index (χ2n) is 7.50. The van der Waals surface area contributed by atoms with Crippen LogP contribution in [0.5, 0.6) is 0 Å². The fraction of sp³-hybridized carbons (Fsp3) is 0.318. The molecule has 2 aromatic carbocycles. The van der Waals surface area contributed by atoms with Crippen LogP contribution < -0.4 is 9.80 Å². The van der Waals surface area contributed by atoms with Crippen molar-refractivity contribution in [3.05, 3.63) is 65.2 Å². The first kappa shape index (κ1) is 19.6. The Morgan fingerprint density at radius 2 is 1.66 bits per heavy atom. The largest absolute Gasteiger partial charge is 0.331 e. The van der Waals surface area contributed by atoms with E-state index in [1.165, 1.54) is 4.90 Å². The molecule has 6 nitrogen and oxygen atoms in total. The quantitative estimate of drug-likeness (QED) is 0.760. The van der Waals surface area contributed by atoms with Crippen LogP contribution in [0, 0.1) is 0 Å². The van der Waals surface area contributed by atoms with Crippen molar-refractivity contribution in [3.63, 3.8) is 0 Å². The summed E-state index contributed by atoms with van der Waals surface area (Å²) in [5, 5.41) is 0.561. The lowest BCUT2D eigenvalue weighted by atomic mass is 10.1. The molecule has 3 amide bonds. The van der Waals surface area contributed by atoms with Crippen LogP contribution in [-0.2, 0) is 20.8 Å². The molecule has 150 valence electrons. The first-order chi connectivity index (χ1) is 14.0. The van der Waals surface area contributed by atoms with Crippen LogP contribution in [0.4, 0.5) is 5.69 Å². The molecule has 0 spiro atoms. The molecule has 29 heavy (non-hydrogen) atoms. The predicted molar refractivity (Wildman–Crippen MR) is 110 cm³/mol. The Bertz CT molecular complexity index is 909. The molecule has 2 heterocycles. The Hall–Kier alpha value is -2.70. The second-order valence-corrected chi connectivity index (χ2v) is 7.94. The van der Waals surface area contributed by atoms with Crippen LogP contribution in [0.25, 0.3) is 0 Å². The Morgan fingerprint density at radius 3 is 2.31 bits per heavy atom. The van der Waals surface area contributed by atoms with E-state index in [0.717, 1.165) is 10.5 Å². The smallest absolute Gasteiger partial charge is 0.292 e. The molecule has 2 aliphatic rings. The van der Waals surface area contributed by atoms with Crippen LogP contribution in [0.2, 0.25) is 5.02 Å². The lowest BCUT2D eigenvalue weighted by Gasteiger charge is -2.34. The summed E-state index contributed by atoms with van der Waals surface area (Å²) in [5.41, 5.74) is 1.56. The molecule has 1 atom stereocenters. The number of hydrogen-bond acceptors (Lipinski definition) is 3. The number of nitrogens with one attached hydrogen (secondary N) is 1. The van der Waals surface area contributed by atoms with E-state index in [2.05, 4.69) is 0 Å². The van der Waals surface area contributed by atoms with Gasteiger partial charge in [0.2, 0.25) is 11.8 Å². The van der Waals surface area contributed by atoms with Crippen LogP contribution in [0.3, 0.4) is 0 Å². The van der Waals surface area contributed by atoms with E-state index in [1.807, 2.05) is 35.2 Å². The van der Waals surface area contributed by atoms with Gasteiger partial charge >= 0.3 is 0 Å². The number of amides is 3. The molecule has 2 aliphatic heterocycles. The van der Waals surface area contributed by atoms with Gasteiger partial charge in [-0.2, -0.15) is 0 Å². The highest BCUT2D eigenvalue weighted by Gasteiger charge is 2.46. The third kappa shape index (κ3) is 4.18. The van der Waals surface area contributed by atoms with Gasteiger partial charge in [0.15, 0.2) is 6.04 Å². The zero-order valence-corrected chi connectivity index (χ0v) is 16.8. The van der Waals surface area contributed by atoms with Crippen molar-refractivity contribution in [3.8, 4) is 0 Å². The van der Waals surface area contributed by atoms with Gasteiger partial charge in [-0.15, -0.1) is 0 Å². The van der Waals surface area contributed by atoms with E-state index < -0.39 is 0 Å². The summed E-state index contributed by atoms with van der Waals surface area (Å²) in [5.74, 6) is -0.249. The molecule has 0 saturated carbocycles. The highest BCUT2D eigenvalue weighted by atomic mass is 35.5. The average Bonchev–Trinajstić information content (AvgIpc) is 3.04. The number of nitrogens with zero attached hydrogens (tertiary/aromatic N) is 2. The van der Waals surface area contributed by atoms with Crippen molar-refractivity contribution in [1.82, 2.24) is 4.90 Å². The molecule has 0 unspecified atom stereocenters. The Morgan fingerprint density at radius 1 is 1.00 bits per heavy atom. The monoisotopic (exact) mass is 412 g/mol. The van der Waals surface area contributed by atoms with E-state index >= 15 is 0 Å². The minimum Gasteiger partial charge on any atom is -0.331 e. The third-order valence-corrected chi connectivity index (χ3v) is 5.93. The van der Waals surface area contributed by atoms with Gasteiger partial charge in [0.25, 0.3) is 5.91 Å². The molecule has 1 N–H and O–H groups in total. The Balaban J connectivity index is 1.36. The van der Waals surface area contributed by atoms with Crippen LogP contribution in [0.1, 0.15) is 12.0 Å². The highest BCUT2D eigenvalue weighted by molar-refractivity contribution is 6.30. The summed E-state index contributed by atoms with van der Waals surface area (Å²) in [7, 11) is 0. The normalized spacial score (nSPS) is 20.4. The second kappa shape index (κ2) is 8.35. The minimum absolute atomic E-state index is 0.104. The van der Waals surface area contributed by atoms with Crippen molar-refractivity contribution >= 4 is 35.0 Å². The summed E-state index contributed by atoms with van der Waals surface area (Å²) < 4.78 is 0. The van der Waals surface area contributed by atoms with Gasteiger partial charge < -0.3 is 9.80 Å². The van der Waals surface area contributed by atoms with Gasteiger partial charge in [0.1, 0.15) is 0 Å². The molecule has 0 aliphatic carbocycles. The molecule has 7 heteroatoms. The fourth-order valence-electron chi connectivity index (χ4n) is 4.09. The molecule has 0 bridgehead atoms. The lowest BCUT2D eigenvalue weighted by Crippen LogP contribution is -3.19. The first-order valence-corrected chi connectivity index (χ1v) is 10.2. The third-order valence-electron chi connectivity index (χ3n) is 5.68. The van der Waals surface area contributed by atoms with Crippen LogP contribution >= 0.6 is 11.6 Å². The summed E-state index contributed by atoms with van der Waals surface area (Å²) in [6.07, 6.45) is 0.593. The predicted octanol–water partition coefficient (Wildman–Crippen LogP) is 0.942. The number of halogens is 1. The average molecular weight is 413 g/mol. The van der Waals surface area contributed by atoms with Crippen LogP contribution in [0.15, 0.2) is 54.6 Å². The molecular formula is C22H23ClN3O3+. The summed E-state index contributed by atoms with van der Waals surface area (Å²) in [4.78, 5) is 42.2. The van der Waals surface area contributed by atoms with E-state index in [9.17, 15) is 14.4 Å². The zero-order chi connectivity index (χ0) is 20.4. The molecule has 0 radical (unpaired) electrons. The summed E-state index contributed by atoms with van der Waals surface area (Å²) in [6, 6.07) is 16.0. The highest BCUT2D eigenvalue weighted by Crippen LogP contribution is 2.23. The maximum atomic E-state index is 12.9. The van der Waals surface area contributed by atoms with Crippen molar-refractivity contribution < 1.29 is 19.3 Å².